The number of carbonyl (C=O) groups excluding carboxylic acids is 1. The van der Waals surface area contributed by atoms with Crippen LogP contribution in [0.2, 0.25) is 0 Å². The number of rotatable bonds is 11. The van der Waals surface area contributed by atoms with E-state index in [9.17, 15) is 4.79 Å². The second kappa shape index (κ2) is 11.1. The largest absolute Gasteiger partial charge is 0.494 e. The fraction of sp³-hybridized carbons (Fsp3) is 0.462. The summed E-state index contributed by atoms with van der Waals surface area (Å²) in [5.74, 6) is 2.02. The number of imidazole rings is 1. The minimum absolute atomic E-state index is 0.0181. The molecule has 1 amide bonds. The Labute approximate surface area is 189 Å². The molecule has 0 saturated carbocycles. The first-order valence-electron chi connectivity index (χ1n) is 11.7. The highest BCUT2D eigenvalue weighted by Gasteiger charge is 2.22. The SMILES string of the molecule is Cc1ccc(OCCCCn2c(CCCNC(=O)C3CCCO3)nc3ccccc32)cc1. The van der Waals surface area contributed by atoms with Gasteiger partial charge >= 0.3 is 0 Å². The van der Waals surface area contributed by atoms with Crippen molar-refractivity contribution in [2.24, 2.45) is 0 Å². The molecule has 1 aliphatic rings. The maximum absolute atomic E-state index is 12.1. The van der Waals surface area contributed by atoms with Crippen molar-refractivity contribution < 1.29 is 14.3 Å². The molecular formula is C26H33N3O3. The van der Waals surface area contributed by atoms with Crippen molar-refractivity contribution in [1.82, 2.24) is 14.9 Å². The number of ether oxygens (including phenoxy) is 2. The number of carbonyl (C=O) groups is 1. The van der Waals surface area contributed by atoms with Crippen LogP contribution in [0.5, 0.6) is 5.75 Å². The summed E-state index contributed by atoms with van der Waals surface area (Å²) in [6.45, 7) is 5.04. The summed E-state index contributed by atoms with van der Waals surface area (Å²) in [7, 11) is 0. The molecule has 170 valence electrons. The third-order valence-electron chi connectivity index (χ3n) is 5.90. The normalized spacial score (nSPS) is 15.8. The van der Waals surface area contributed by atoms with Gasteiger partial charge in [-0.15, -0.1) is 0 Å². The number of aryl methyl sites for hydroxylation is 3. The Bertz CT molecular complexity index is 1010. The highest BCUT2D eigenvalue weighted by atomic mass is 16.5. The van der Waals surface area contributed by atoms with Crippen LogP contribution in [0, 0.1) is 6.92 Å². The Balaban J connectivity index is 1.27. The van der Waals surface area contributed by atoms with Crippen molar-refractivity contribution in [2.45, 2.75) is 58.1 Å². The van der Waals surface area contributed by atoms with Gasteiger partial charge in [0.2, 0.25) is 5.91 Å². The molecule has 1 aromatic heterocycles. The zero-order chi connectivity index (χ0) is 22.2. The van der Waals surface area contributed by atoms with Gasteiger partial charge < -0.3 is 19.4 Å². The minimum Gasteiger partial charge on any atom is -0.494 e. The van der Waals surface area contributed by atoms with E-state index in [1.54, 1.807) is 0 Å². The summed E-state index contributed by atoms with van der Waals surface area (Å²) >= 11 is 0. The van der Waals surface area contributed by atoms with E-state index in [-0.39, 0.29) is 12.0 Å². The zero-order valence-corrected chi connectivity index (χ0v) is 18.9. The molecular weight excluding hydrogens is 402 g/mol. The Morgan fingerprint density at radius 3 is 2.81 bits per heavy atom. The lowest BCUT2D eigenvalue weighted by Crippen LogP contribution is -2.34. The maximum atomic E-state index is 12.1. The van der Waals surface area contributed by atoms with Gasteiger partial charge in [-0.1, -0.05) is 29.8 Å². The molecule has 1 saturated heterocycles. The quantitative estimate of drug-likeness (QED) is 0.453. The summed E-state index contributed by atoms with van der Waals surface area (Å²) < 4.78 is 13.6. The third kappa shape index (κ3) is 5.88. The van der Waals surface area contributed by atoms with E-state index in [4.69, 9.17) is 14.5 Å². The van der Waals surface area contributed by atoms with Crippen LogP contribution in [0.25, 0.3) is 11.0 Å². The van der Waals surface area contributed by atoms with Crippen LogP contribution in [0.4, 0.5) is 0 Å². The van der Waals surface area contributed by atoms with Gasteiger partial charge in [-0.05, 0) is 63.3 Å². The van der Waals surface area contributed by atoms with E-state index in [1.165, 1.54) is 11.1 Å². The molecule has 2 heterocycles. The second-order valence-corrected chi connectivity index (χ2v) is 8.43. The van der Waals surface area contributed by atoms with Gasteiger partial charge in [-0.3, -0.25) is 4.79 Å². The Morgan fingerprint density at radius 1 is 1.16 bits per heavy atom. The highest BCUT2D eigenvalue weighted by molar-refractivity contribution is 5.80. The molecule has 1 fully saturated rings. The first-order chi connectivity index (χ1) is 15.7. The lowest BCUT2D eigenvalue weighted by molar-refractivity contribution is -0.130. The Morgan fingerprint density at radius 2 is 2.00 bits per heavy atom. The summed E-state index contributed by atoms with van der Waals surface area (Å²) in [5.41, 5.74) is 3.44. The average molecular weight is 436 g/mol. The lowest BCUT2D eigenvalue weighted by Gasteiger charge is -2.12. The van der Waals surface area contributed by atoms with E-state index in [1.807, 2.05) is 18.2 Å². The molecule has 1 atom stereocenters. The lowest BCUT2D eigenvalue weighted by atomic mass is 10.2. The fourth-order valence-electron chi connectivity index (χ4n) is 4.12. The van der Waals surface area contributed by atoms with Gasteiger partial charge in [0.15, 0.2) is 0 Å². The zero-order valence-electron chi connectivity index (χ0n) is 18.9. The van der Waals surface area contributed by atoms with Crippen molar-refractivity contribution >= 4 is 16.9 Å². The number of aromatic nitrogens is 2. The predicted molar refractivity (Wildman–Crippen MR) is 126 cm³/mol. The van der Waals surface area contributed by atoms with Crippen molar-refractivity contribution in [3.63, 3.8) is 0 Å². The Kier molecular flexibility index (Phi) is 7.77. The molecule has 1 unspecified atom stereocenters. The van der Waals surface area contributed by atoms with Gasteiger partial charge in [0.1, 0.15) is 17.7 Å². The minimum atomic E-state index is -0.262. The standard InChI is InChI=1S/C26H33N3O3/c1-20-12-14-21(15-13-20)31-18-5-4-17-29-23-9-3-2-8-22(23)28-25(29)11-6-16-27-26(30)24-10-7-19-32-24/h2-3,8-9,12-15,24H,4-7,10-11,16-19H2,1H3,(H,27,30). The number of benzene rings is 2. The molecule has 0 bridgehead atoms. The predicted octanol–water partition coefficient (Wildman–Crippen LogP) is 4.43. The van der Waals surface area contributed by atoms with E-state index in [2.05, 4.69) is 47.1 Å². The molecule has 0 aliphatic carbocycles. The summed E-state index contributed by atoms with van der Waals surface area (Å²) in [5, 5.41) is 3.01. The maximum Gasteiger partial charge on any atom is 0.249 e. The van der Waals surface area contributed by atoms with Gasteiger partial charge in [0.05, 0.1) is 17.6 Å². The summed E-state index contributed by atoms with van der Waals surface area (Å²) in [6, 6.07) is 16.5. The molecule has 4 rings (SSSR count). The third-order valence-corrected chi connectivity index (χ3v) is 5.90. The molecule has 1 N–H and O–H groups in total. The second-order valence-electron chi connectivity index (χ2n) is 8.43. The average Bonchev–Trinajstić information content (AvgIpc) is 3.46. The van der Waals surface area contributed by atoms with Gasteiger partial charge in [-0.25, -0.2) is 4.98 Å². The molecule has 32 heavy (non-hydrogen) atoms. The van der Waals surface area contributed by atoms with Crippen LogP contribution < -0.4 is 10.1 Å². The molecule has 6 nitrogen and oxygen atoms in total. The van der Waals surface area contributed by atoms with Crippen LogP contribution >= 0.6 is 0 Å². The summed E-state index contributed by atoms with van der Waals surface area (Å²) in [6.07, 6.45) is 5.24. The topological polar surface area (TPSA) is 65.4 Å². The number of fused-ring (bicyclic) bond motifs is 1. The number of nitrogens with one attached hydrogen (secondary N) is 1. The number of amides is 1. The highest BCUT2D eigenvalue weighted by Crippen LogP contribution is 2.19. The van der Waals surface area contributed by atoms with E-state index >= 15 is 0 Å². The van der Waals surface area contributed by atoms with E-state index in [0.29, 0.717) is 19.8 Å². The molecule has 2 aromatic carbocycles. The number of hydrogen-bond acceptors (Lipinski definition) is 4. The molecule has 0 spiro atoms. The molecule has 6 heteroatoms. The van der Waals surface area contributed by atoms with Crippen LogP contribution in [-0.4, -0.2) is 41.3 Å². The van der Waals surface area contributed by atoms with Crippen molar-refractivity contribution in [3.05, 3.63) is 59.9 Å². The van der Waals surface area contributed by atoms with Crippen LogP contribution in [0.3, 0.4) is 0 Å². The first kappa shape index (κ1) is 22.3. The van der Waals surface area contributed by atoms with Crippen LogP contribution in [-0.2, 0) is 22.5 Å². The summed E-state index contributed by atoms with van der Waals surface area (Å²) in [4.78, 5) is 17.0. The molecule has 1 aliphatic heterocycles. The molecule has 0 radical (unpaired) electrons. The Hall–Kier alpha value is -2.86. The molecule has 3 aromatic rings. The van der Waals surface area contributed by atoms with E-state index < -0.39 is 0 Å². The number of para-hydroxylation sites is 2. The van der Waals surface area contributed by atoms with Gasteiger partial charge in [-0.2, -0.15) is 0 Å². The van der Waals surface area contributed by atoms with Crippen molar-refractivity contribution in [2.75, 3.05) is 19.8 Å². The number of nitrogens with zero attached hydrogens (tertiary/aromatic N) is 2. The first-order valence-corrected chi connectivity index (χ1v) is 11.7. The van der Waals surface area contributed by atoms with E-state index in [0.717, 1.165) is 62.2 Å². The van der Waals surface area contributed by atoms with Crippen LogP contribution in [0.15, 0.2) is 48.5 Å². The fourth-order valence-corrected chi connectivity index (χ4v) is 4.12. The van der Waals surface area contributed by atoms with Crippen molar-refractivity contribution in [1.29, 1.82) is 0 Å². The monoisotopic (exact) mass is 435 g/mol. The van der Waals surface area contributed by atoms with Gasteiger partial charge in [0.25, 0.3) is 0 Å². The van der Waals surface area contributed by atoms with Crippen molar-refractivity contribution in [3.8, 4) is 5.75 Å². The van der Waals surface area contributed by atoms with Gasteiger partial charge in [0, 0.05) is 26.1 Å². The number of hydrogen-bond donors (Lipinski definition) is 1. The number of unbranched alkanes of at least 4 members (excludes halogenated alkanes) is 1. The van der Waals surface area contributed by atoms with Crippen LogP contribution in [0.1, 0.15) is 43.5 Å². The smallest absolute Gasteiger partial charge is 0.249 e.